The first-order chi connectivity index (χ1) is 8.68. The van der Waals surface area contributed by atoms with Crippen LogP contribution in [0, 0.1) is 0 Å². The summed E-state index contributed by atoms with van der Waals surface area (Å²) >= 11 is 3.58. The van der Waals surface area contributed by atoms with Gasteiger partial charge in [0.25, 0.3) is 0 Å². The lowest BCUT2D eigenvalue weighted by Gasteiger charge is -2.35. The molecule has 0 heterocycles. The number of hydrogen-bond donors (Lipinski definition) is 0. The highest BCUT2D eigenvalue weighted by Crippen LogP contribution is 2.13. The highest BCUT2D eigenvalue weighted by Gasteiger charge is 2.19. The van der Waals surface area contributed by atoms with Crippen molar-refractivity contribution in [2.24, 2.45) is 0 Å². The molecular weight excluding hydrogens is 322 g/mol. The van der Waals surface area contributed by atoms with Gasteiger partial charge in [0.05, 0.1) is 26.7 Å². The number of unbranched alkanes of at least 4 members (excludes halogenated alkanes) is 6. The maximum Gasteiger partial charge on any atom is 0.0792 e. The topological polar surface area (TPSA) is 0 Å². The fraction of sp³-hybridized carbons (Fsp3) is 1.00. The van der Waals surface area contributed by atoms with Crippen molar-refractivity contribution < 1.29 is 16.9 Å². The lowest BCUT2D eigenvalue weighted by Crippen LogP contribution is -3.00. The predicted molar refractivity (Wildman–Crippen MR) is 87.5 cm³/mol. The molecule has 0 aliphatic rings. The van der Waals surface area contributed by atoms with E-state index < -0.39 is 0 Å². The van der Waals surface area contributed by atoms with Crippen molar-refractivity contribution in [1.29, 1.82) is 0 Å². The average Bonchev–Trinajstić information content (AvgIpc) is 2.37. The number of quaternary nitrogens is 1. The molecule has 0 bridgehead atoms. The van der Waals surface area contributed by atoms with Gasteiger partial charge in [-0.1, -0.05) is 55.5 Å². The maximum absolute atomic E-state index is 3.58. The maximum atomic E-state index is 3.58. The molecule has 0 aromatic rings. The number of halogens is 2. The van der Waals surface area contributed by atoms with Crippen molar-refractivity contribution in [2.45, 2.75) is 71.6 Å². The summed E-state index contributed by atoms with van der Waals surface area (Å²) in [7, 11) is 2.47. The SMILES string of the molecule is CCCCCCC[N+](C)(CCCBr)CCCCC.[Cl-]. The molecule has 118 valence electrons. The van der Waals surface area contributed by atoms with Crippen LogP contribution in [0.4, 0.5) is 0 Å². The number of alkyl halides is 1. The fourth-order valence-electron chi connectivity index (χ4n) is 2.62. The van der Waals surface area contributed by atoms with E-state index in [2.05, 4.69) is 36.8 Å². The lowest BCUT2D eigenvalue weighted by atomic mass is 10.1. The molecule has 0 aromatic heterocycles. The van der Waals surface area contributed by atoms with E-state index in [4.69, 9.17) is 0 Å². The Labute approximate surface area is 136 Å². The van der Waals surface area contributed by atoms with Crippen LogP contribution in [0.1, 0.15) is 71.6 Å². The van der Waals surface area contributed by atoms with Crippen molar-refractivity contribution in [1.82, 2.24) is 0 Å². The molecule has 0 rings (SSSR count). The van der Waals surface area contributed by atoms with Gasteiger partial charge in [0.15, 0.2) is 0 Å². The van der Waals surface area contributed by atoms with Crippen molar-refractivity contribution in [3.63, 3.8) is 0 Å². The molecular formula is C16H35BrClN. The van der Waals surface area contributed by atoms with Gasteiger partial charge in [-0.3, -0.25) is 0 Å². The van der Waals surface area contributed by atoms with Crippen molar-refractivity contribution in [2.75, 3.05) is 32.0 Å². The Bertz CT molecular complexity index is 178. The number of hydrogen-bond acceptors (Lipinski definition) is 0. The molecule has 0 saturated carbocycles. The van der Waals surface area contributed by atoms with E-state index in [9.17, 15) is 0 Å². The van der Waals surface area contributed by atoms with Crippen LogP contribution in [0.15, 0.2) is 0 Å². The molecule has 1 nitrogen and oxygen atoms in total. The van der Waals surface area contributed by atoms with Gasteiger partial charge >= 0.3 is 0 Å². The Hall–Kier alpha value is 0.730. The summed E-state index contributed by atoms with van der Waals surface area (Å²) in [5.74, 6) is 0. The minimum Gasteiger partial charge on any atom is -1.00 e. The molecule has 0 N–H and O–H groups in total. The molecule has 3 heteroatoms. The van der Waals surface area contributed by atoms with E-state index >= 15 is 0 Å². The second-order valence-corrected chi connectivity index (χ2v) is 6.75. The van der Waals surface area contributed by atoms with Gasteiger partial charge in [0.2, 0.25) is 0 Å². The van der Waals surface area contributed by atoms with Crippen LogP contribution in [0.25, 0.3) is 0 Å². The highest BCUT2D eigenvalue weighted by atomic mass is 79.9. The molecule has 0 spiro atoms. The molecule has 0 aliphatic heterocycles. The monoisotopic (exact) mass is 355 g/mol. The largest absolute Gasteiger partial charge is 1.00 e. The van der Waals surface area contributed by atoms with Crippen molar-refractivity contribution in [3.05, 3.63) is 0 Å². The van der Waals surface area contributed by atoms with E-state index in [0.29, 0.717) is 0 Å². The number of nitrogens with zero attached hydrogens (tertiary/aromatic N) is 1. The van der Waals surface area contributed by atoms with Gasteiger partial charge in [-0.15, -0.1) is 0 Å². The molecule has 19 heavy (non-hydrogen) atoms. The summed E-state index contributed by atoms with van der Waals surface area (Å²) in [6, 6.07) is 0. The van der Waals surface area contributed by atoms with E-state index in [-0.39, 0.29) is 12.4 Å². The van der Waals surface area contributed by atoms with Gasteiger partial charge in [0, 0.05) is 11.8 Å². The summed E-state index contributed by atoms with van der Waals surface area (Å²) in [5.41, 5.74) is 0. The summed E-state index contributed by atoms with van der Waals surface area (Å²) in [5, 5.41) is 1.16. The third kappa shape index (κ3) is 13.5. The van der Waals surface area contributed by atoms with Crippen LogP contribution in [-0.4, -0.2) is 36.5 Å². The summed E-state index contributed by atoms with van der Waals surface area (Å²) in [6.07, 6.45) is 12.5. The lowest BCUT2D eigenvalue weighted by molar-refractivity contribution is -0.910. The van der Waals surface area contributed by atoms with Crippen molar-refractivity contribution in [3.8, 4) is 0 Å². The minimum atomic E-state index is 0. The molecule has 1 unspecified atom stereocenters. The summed E-state index contributed by atoms with van der Waals surface area (Å²) in [4.78, 5) is 0. The zero-order chi connectivity index (χ0) is 13.7. The Morgan fingerprint density at radius 2 is 1.11 bits per heavy atom. The predicted octanol–water partition coefficient (Wildman–Crippen LogP) is 2.38. The Morgan fingerprint density at radius 1 is 0.684 bits per heavy atom. The van der Waals surface area contributed by atoms with Crippen molar-refractivity contribution >= 4 is 15.9 Å². The molecule has 0 saturated heterocycles. The Balaban J connectivity index is 0. The van der Waals surface area contributed by atoms with Gasteiger partial charge in [-0.2, -0.15) is 0 Å². The minimum absolute atomic E-state index is 0. The van der Waals surface area contributed by atoms with Crippen LogP contribution in [0.2, 0.25) is 0 Å². The molecule has 0 aromatic carbocycles. The van der Waals surface area contributed by atoms with Crippen LogP contribution in [0.3, 0.4) is 0 Å². The van der Waals surface area contributed by atoms with Crippen LogP contribution >= 0.6 is 15.9 Å². The summed E-state index contributed by atoms with van der Waals surface area (Å²) < 4.78 is 1.30. The van der Waals surface area contributed by atoms with Crippen LogP contribution in [-0.2, 0) is 0 Å². The first-order valence-electron chi connectivity index (χ1n) is 8.08. The third-order valence-electron chi connectivity index (χ3n) is 3.93. The Kier molecular flexibility index (Phi) is 17.5. The zero-order valence-electron chi connectivity index (χ0n) is 13.4. The van der Waals surface area contributed by atoms with E-state index in [1.165, 1.54) is 81.9 Å². The van der Waals surface area contributed by atoms with E-state index in [0.717, 1.165) is 5.33 Å². The van der Waals surface area contributed by atoms with Gasteiger partial charge in [0.1, 0.15) is 0 Å². The van der Waals surface area contributed by atoms with Gasteiger partial charge in [-0.05, 0) is 25.7 Å². The molecule has 1 atom stereocenters. The smallest absolute Gasteiger partial charge is 0.0792 e. The molecule has 0 amide bonds. The zero-order valence-corrected chi connectivity index (χ0v) is 15.7. The quantitative estimate of drug-likeness (QED) is 0.270. The van der Waals surface area contributed by atoms with E-state index in [1.807, 2.05) is 0 Å². The average molecular weight is 357 g/mol. The normalized spacial score (nSPS) is 13.9. The van der Waals surface area contributed by atoms with E-state index in [1.54, 1.807) is 0 Å². The molecule has 0 aliphatic carbocycles. The highest BCUT2D eigenvalue weighted by molar-refractivity contribution is 9.09. The standard InChI is InChI=1S/C16H35BrN.ClH/c1-4-6-8-9-11-15-18(3,16-12-13-17)14-10-7-5-2;/h4-16H2,1-3H3;1H/q+1;/p-1. The first kappa shape index (κ1) is 22.0. The van der Waals surface area contributed by atoms with Gasteiger partial charge in [-0.25, -0.2) is 0 Å². The number of rotatable bonds is 13. The molecule has 0 fully saturated rings. The Morgan fingerprint density at radius 3 is 1.63 bits per heavy atom. The van der Waals surface area contributed by atoms with Crippen LogP contribution < -0.4 is 12.4 Å². The first-order valence-corrected chi connectivity index (χ1v) is 9.20. The third-order valence-corrected chi connectivity index (χ3v) is 4.50. The molecule has 0 radical (unpaired) electrons. The van der Waals surface area contributed by atoms with Gasteiger partial charge < -0.3 is 16.9 Å². The second kappa shape index (κ2) is 15.1. The second-order valence-electron chi connectivity index (χ2n) is 5.95. The fourth-order valence-corrected chi connectivity index (χ4v) is 2.87. The summed E-state index contributed by atoms with van der Waals surface area (Å²) in [6.45, 7) is 8.71. The van der Waals surface area contributed by atoms with Crippen LogP contribution in [0.5, 0.6) is 0 Å².